The smallest absolute Gasteiger partial charge is 0.248 e. The summed E-state index contributed by atoms with van der Waals surface area (Å²) in [7, 11) is 0. The molecule has 4 aromatic carbocycles. The van der Waals surface area contributed by atoms with Gasteiger partial charge in [-0.15, -0.1) is 12.4 Å². The molecule has 218 valence electrons. The van der Waals surface area contributed by atoms with Crippen LogP contribution in [0.5, 0.6) is 17.2 Å². The molecule has 0 saturated carbocycles. The van der Waals surface area contributed by atoms with Crippen LogP contribution in [0.1, 0.15) is 36.5 Å². The van der Waals surface area contributed by atoms with E-state index in [0.717, 1.165) is 46.1 Å². The molecule has 0 saturated heterocycles. The first-order valence-electron chi connectivity index (χ1n) is 13.5. The fourth-order valence-electron chi connectivity index (χ4n) is 5.03. The van der Waals surface area contributed by atoms with Gasteiger partial charge in [0.25, 0.3) is 0 Å². The van der Waals surface area contributed by atoms with Crippen LogP contribution in [0.15, 0.2) is 83.9 Å². The number of aromatic hydroxyl groups is 1. The van der Waals surface area contributed by atoms with E-state index < -0.39 is 0 Å². The lowest BCUT2D eigenvalue weighted by Gasteiger charge is -2.37. The predicted molar refractivity (Wildman–Crippen MR) is 171 cm³/mol. The summed E-state index contributed by atoms with van der Waals surface area (Å²) in [6, 6.07) is 22.3. The molecule has 6 N–H and O–H groups in total. The van der Waals surface area contributed by atoms with Crippen molar-refractivity contribution in [1.29, 1.82) is 0 Å². The number of phenols is 1. The van der Waals surface area contributed by atoms with E-state index >= 15 is 0 Å². The highest BCUT2D eigenvalue weighted by Gasteiger charge is 2.34. The van der Waals surface area contributed by atoms with Crippen LogP contribution < -0.4 is 26.3 Å². The Balaban J connectivity index is 0.00000405. The summed E-state index contributed by atoms with van der Waals surface area (Å²) in [5.74, 6) is 1.66. The minimum absolute atomic E-state index is 0. The fraction of sp³-hybridized carbons (Fsp3) is 0.212. The second-order valence-corrected chi connectivity index (χ2v) is 10.5. The molecule has 42 heavy (non-hydrogen) atoms. The van der Waals surface area contributed by atoms with Gasteiger partial charge >= 0.3 is 0 Å². The standard InChI is InChI=1S/C33H34N4O4.ClH/c1-21-26-17-18-33(2,41-31(26)28-6-4-3-5-27(28)30(21)39)19-20-40-25-14-12-23(13-15-25)36-29(38)16-9-22-7-10-24(11-8-22)37-32(34)35;/h3-16,39H,17-20H2,1-2H3,(H,36,38)(H4,34,35,37);1H. The zero-order valence-corrected chi connectivity index (χ0v) is 24.4. The average Bonchev–Trinajstić information content (AvgIpc) is 2.96. The topological polar surface area (TPSA) is 132 Å². The number of ether oxygens (including phenoxy) is 2. The molecule has 1 amide bonds. The van der Waals surface area contributed by atoms with Gasteiger partial charge in [-0.1, -0.05) is 36.4 Å². The minimum atomic E-state index is -0.384. The summed E-state index contributed by atoms with van der Waals surface area (Å²) in [6.45, 7) is 4.55. The van der Waals surface area contributed by atoms with E-state index in [-0.39, 0.29) is 29.9 Å². The maximum absolute atomic E-state index is 12.4. The monoisotopic (exact) mass is 586 g/mol. The third kappa shape index (κ3) is 6.95. The Hall–Kier alpha value is -4.69. The molecule has 0 radical (unpaired) electrons. The van der Waals surface area contributed by atoms with Crippen molar-refractivity contribution in [3.8, 4) is 17.2 Å². The van der Waals surface area contributed by atoms with Crippen LogP contribution in [0.3, 0.4) is 0 Å². The minimum Gasteiger partial charge on any atom is -0.507 e. The lowest BCUT2D eigenvalue weighted by Crippen LogP contribution is -2.38. The van der Waals surface area contributed by atoms with Crippen molar-refractivity contribution in [2.24, 2.45) is 16.5 Å². The molecule has 9 heteroatoms. The van der Waals surface area contributed by atoms with Crippen molar-refractivity contribution in [2.45, 2.75) is 38.7 Å². The number of anilines is 1. The highest BCUT2D eigenvalue weighted by atomic mass is 35.5. The molecular weight excluding hydrogens is 552 g/mol. The lowest BCUT2D eigenvalue weighted by molar-refractivity contribution is -0.111. The van der Waals surface area contributed by atoms with Gasteiger partial charge in [-0.05, 0) is 80.3 Å². The van der Waals surface area contributed by atoms with Gasteiger partial charge in [0, 0.05) is 34.5 Å². The second kappa shape index (κ2) is 12.9. The molecular formula is C33H35ClN4O4. The zero-order chi connectivity index (χ0) is 29.0. The number of carbonyl (C=O) groups excluding carboxylic acids is 1. The highest BCUT2D eigenvalue weighted by Crippen LogP contribution is 2.45. The number of amides is 1. The van der Waals surface area contributed by atoms with Gasteiger partial charge in [-0.3, -0.25) is 4.79 Å². The van der Waals surface area contributed by atoms with E-state index in [9.17, 15) is 9.90 Å². The number of aliphatic imine (C=N–C) groups is 1. The zero-order valence-electron chi connectivity index (χ0n) is 23.6. The van der Waals surface area contributed by atoms with E-state index in [2.05, 4.69) is 17.2 Å². The Morgan fingerprint density at radius 1 is 1.07 bits per heavy atom. The SMILES string of the molecule is Cc1c2c(c3ccccc3c1O)OC(C)(CCOc1ccc(NC(=O)C=Cc3ccc(N=C(N)N)cc3)cc1)CC2.Cl. The summed E-state index contributed by atoms with van der Waals surface area (Å²) >= 11 is 0. The van der Waals surface area contributed by atoms with Crippen molar-refractivity contribution in [1.82, 2.24) is 0 Å². The number of guanidine groups is 1. The van der Waals surface area contributed by atoms with E-state index in [4.69, 9.17) is 20.9 Å². The number of benzene rings is 4. The van der Waals surface area contributed by atoms with Crippen molar-refractivity contribution >= 4 is 52.5 Å². The third-order valence-corrected chi connectivity index (χ3v) is 7.36. The number of rotatable bonds is 8. The Labute approximate surface area is 251 Å². The third-order valence-electron chi connectivity index (χ3n) is 7.36. The quantitative estimate of drug-likeness (QED) is 0.107. The molecule has 4 aromatic rings. The summed E-state index contributed by atoms with van der Waals surface area (Å²) in [6.07, 6.45) is 5.56. The van der Waals surface area contributed by atoms with E-state index in [1.54, 1.807) is 18.2 Å². The van der Waals surface area contributed by atoms with Crippen LogP contribution in [0, 0.1) is 6.92 Å². The van der Waals surface area contributed by atoms with Gasteiger partial charge in [0.1, 0.15) is 22.8 Å². The normalized spacial score (nSPS) is 15.8. The Kier molecular flexibility index (Phi) is 9.28. The van der Waals surface area contributed by atoms with Crippen LogP contribution in [0.25, 0.3) is 16.8 Å². The van der Waals surface area contributed by atoms with Crippen molar-refractivity contribution in [2.75, 3.05) is 11.9 Å². The molecule has 0 spiro atoms. The number of nitrogens with one attached hydrogen (secondary N) is 1. The Morgan fingerprint density at radius 2 is 1.76 bits per heavy atom. The van der Waals surface area contributed by atoms with Crippen LogP contribution in [0.4, 0.5) is 11.4 Å². The van der Waals surface area contributed by atoms with Crippen molar-refractivity contribution < 1.29 is 19.4 Å². The van der Waals surface area contributed by atoms with Crippen LogP contribution >= 0.6 is 12.4 Å². The second-order valence-electron chi connectivity index (χ2n) is 10.5. The number of phenolic OH excluding ortho intramolecular Hbond substituents is 1. The number of nitrogens with two attached hydrogens (primary N) is 2. The molecule has 0 bridgehead atoms. The van der Waals surface area contributed by atoms with Crippen LogP contribution in [-0.2, 0) is 11.2 Å². The first kappa shape index (κ1) is 30.3. The predicted octanol–water partition coefficient (Wildman–Crippen LogP) is 6.39. The largest absolute Gasteiger partial charge is 0.507 e. The molecule has 8 nitrogen and oxygen atoms in total. The number of hydrogen-bond acceptors (Lipinski definition) is 5. The number of carbonyl (C=O) groups is 1. The maximum atomic E-state index is 12.4. The maximum Gasteiger partial charge on any atom is 0.248 e. The fourth-order valence-corrected chi connectivity index (χ4v) is 5.03. The van der Waals surface area contributed by atoms with Crippen molar-refractivity contribution in [3.63, 3.8) is 0 Å². The summed E-state index contributed by atoms with van der Waals surface area (Å²) in [5.41, 5.74) is 14.5. The van der Waals surface area contributed by atoms with Crippen LogP contribution in [0.2, 0.25) is 0 Å². The van der Waals surface area contributed by atoms with Gasteiger partial charge in [-0.2, -0.15) is 0 Å². The van der Waals surface area contributed by atoms with Gasteiger partial charge in [-0.25, -0.2) is 4.99 Å². The Bertz CT molecular complexity index is 1630. The number of fused-ring (bicyclic) bond motifs is 3. The van der Waals surface area contributed by atoms with E-state index in [0.29, 0.717) is 35.9 Å². The van der Waals surface area contributed by atoms with E-state index in [1.165, 1.54) is 6.08 Å². The number of halogens is 1. The molecule has 1 atom stereocenters. The molecule has 1 aliphatic rings. The van der Waals surface area contributed by atoms with Gasteiger partial charge in [0.15, 0.2) is 5.96 Å². The summed E-state index contributed by atoms with van der Waals surface area (Å²) < 4.78 is 12.6. The average molecular weight is 587 g/mol. The lowest BCUT2D eigenvalue weighted by atomic mass is 9.86. The molecule has 1 unspecified atom stereocenters. The molecule has 0 aromatic heterocycles. The first-order valence-corrected chi connectivity index (χ1v) is 13.5. The molecule has 0 fully saturated rings. The summed E-state index contributed by atoms with van der Waals surface area (Å²) in [4.78, 5) is 16.3. The van der Waals surface area contributed by atoms with Gasteiger partial charge in [0.05, 0.1) is 12.3 Å². The number of nitrogens with zero attached hydrogens (tertiary/aromatic N) is 1. The first-order chi connectivity index (χ1) is 19.7. The highest BCUT2D eigenvalue weighted by molar-refractivity contribution is 6.02. The molecule has 1 aliphatic heterocycles. The summed E-state index contributed by atoms with van der Waals surface area (Å²) in [5, 5.41) is 15.3. The van der Waals surface area contributed by atoms with Crippen LogP contribution in [-0.4, -0.2) is 29.2 Å². The molecule has 5 rings (SSSR count). The molecule has 1 heterocycles. The van der Waals surface area contributed by atoms with E-state index in [1.807, 2.05) is 67.6 Å². The van der Waals surface area contributed by atoms with Gasteiger partial charge in [0.2, 0.25) is 5.91 Å². The van der Waals surface area contributed by atoms with Crippen molar-refractivity contribution in [3.05, 3.63) is 95.6 Å². The number of hydrogen-bond donors (Lipinski definition) is 4. The Morgan fingerprint density at radius 3 is 2.45 bits per heavy atom. The molecule has 0 aliphatic carbocycles. The van der Waals surface area contributed by atoms with Gasteiger partial charge < -0.3 is 31.4 Å².